The number of hydrogen-bond donors (Lipinski definition) is 1. The molecule has 2 aromatic carbocycles. The van der Waals surface area contributed by atoms with Crippen LogP contribution in [0, 0.1) is 11.3 Å². The highest BCUT2D eigenvalue weighted by molar-refractivity contribution is 7.99. The van der Waals surface area contributed by atoms with Crippen molar-refractivity contribution in [3.8, 4) is 6.07 Å². The molecule has 2 rings (SSSR count). The fourth-order valence-corrected chi connectivity index (χ4v) is 2.94. The van der Waals surface area contributed by atoms with Gasteiger partial charge in [0, 0.05) is 9.79 Å². The van der Waals surface area contributed by atoms with Crippen LogP contribution in [0.5, 0.6) is 0 Å². The van der Waals surface area contributed by atoms with Gasteiger partial charge in [-0.05, 0) is 36.8 Å². The monoisotopic (exact) mass is 286 g/mol. The Hall–Kier alpha value is -1.57. The van der Waals surface area contributed by atoms with Crippen molar-refractivity contribution in [1.82, 2.24) is 0 Å². The summed E-state index contributed by atoms with van der Waals surface area (Å²) in [5, 5.41) is 12.7. The minimum absolute atomic E-state index is 0.700. The van der Waals surface area contributed by atoms with E-state index in [0.717, 1.165) is 16.3 Å². The van der Waals surface area contributed by atoms with Crippen molar-refractivity contribution in [1.29, 1.82) is 5.26 Å². The van der Waals surface area contributed by atoms with E-state index in [-0.39, 0.29) is 0 Å². The molecule has 0 saturated carbocycles. The Morgan fingerprint density at radius 3 is 2.21 bits per heavy atom. The quantitative estimate of drug-likeness (QED) is 0.823. The molecule has 1 N–H and O–H groups in total. The van der Waals surface area contributed by atoms with E-state index in [1.165, 1.54) is 4.90 Å². The molecule has 19 heavy (non-hydrogen) atoms. The molecule has 0 aliphatic carbocycles. The Kier molecular flexibility index (Phi) is 4.78. The van der Waals surface area contributed by atoms with Gasteiger partial charge in [-0.15, -0.1) is 23.5 Å². The molecule has 96 valence electrons. The van der Waals surface area contributed by atoms with Crippen LogP contribution in [0.3, 0.4) is 0 Å². The molecule has 0 fully saturated rings. The van der Waals surface area contributed by atoms with Crippen molar-refractivity contribution < 1.29 is 0 Å². The normalized spacial score (nSPS) is 9.95. The maximum absolute atomic E-state index is 9.33. The van der Waals surface area contributed by atoms with Crippen LogP contribution in [0.4, 0.5) is 11.4 Å². The first kappa shape index (κ1) is 13.9. The van der Waals surface area contributed by atoms with E-state index >= 15 is 0 Å². The first-order valence-electron chi connectivity index (χ1n) is 5.77. The fraction of sp³-hybridized carbons (Fsp3) is 0.133. The van der Waals surface area contributed by atoms with Crippen LogP contribution in [-0.2, 0) is 0 Å². The molecule has 4 heteroatoms. The van der Waals surface area contributed by atoms with Crippen LogP contribution in [0.2, 0.25) is 0 Å². The van der Waals surface area contributed by atoms with Crippen LogP contribution >= 0.6 is 23.5 Å². The lowest BCUT2D eigenvalue weighted by Crippen LogP contribution is -1.96. The van der Waals surface area contributed by atoms with Crippen LogP contribution in [-0.4, -0.2) is 12.5 Å². The molecule has 0 aromatic heterocycles. The van der Waals surface area contributed by atoms with Crippen LogP contribution in [0.1, 0.15) is 5.56 Å². The molecule has 0 saturated heterocycles. The summed E-state index contributed by atoms with van der Waals surface area (Å²) >= 11 is 3.27. The van der Waals surface area contributed by atoms with Gasteiger partial charge in [-0.25, -0.2) is 0 Å². The summed E-state index contributed by atoms with van der Waals surface area (Å²) in [6.07, 6.45) is 4.03. The molecule has 0 aliphatic rings. The van der Waals surface area contributed by atoms with Crippen LogP contribution in [0.15, 0.2) is 52.3 Å². The summed E-state index contributed by atoms with van der Waals surface area (Å²) in [6, 6.07) is 16.3. The lowest BCUT2D eigenvalue weighted by molar-refractivity contribution is 1.34. The molecule has 0 radical (unpaired) electrons. The third-order valence-corrected chi connectivity index (χ3v) is 4.31. The van der Waals surface area contributed by atoms with Crippen molar-refractivity contribution in [2.45, 2.75) is 9.79 Å². The van der Waals surface area contributed by atoms with E-state index in [1.54, 1.807) is 23.5 Å². The molecular formula is C15H14N2S2. The average molecular weight is 286 g/mol. The van der Waals surface area contributed by atoms with Crippen molar-refractivity contribution in [2.75, 3.05) is 17.8 Å². The highest BCUT2D eigenvalue weighted by Gasteiger charge is 2.08. The van der Waals surface area contributed by atoms with Crippen molar-refractivity contribution in [2.24, 2.45) is 0 Å². The Labute approximate surface area is 122 Å². The molecule has 0 spiro atoms. The third kappa shape index (κ3) is 3.06. The fourth-order valence-electron chi connectivity index (χ4n) is 1.81. The number of anilines is 2. The standard InChI is InChI=1S/C15H14N2S2/c1-18-14-9-5-7-12(11(14)10-16)17-13-6-3-4-8-15(13)19-2/h3-9,17H,1-2H3. The van der Waals surface area contributed by atoms with Gasteiger partial charge >= 0.3 is 0 Å². The Morgan fingerprint density at radius 2 is 1.53 bits per heavy atom. The van der Waals surface area contributed by atoms with Crippen LogP contribution < -0.4 is 5.32 Å². The molecule has 2 aromatic rings. The van der Waals surface area contributed by atoms with E-state index in [2.05, 4.69) is 17.5 Å². The second-order valence-corrected chi connectivity index (χ2v) is 5.52. The first-order valence-corrected chi connectivity index (χ1v) is 8.22. The van der Waals surface area contributed by atoms with Crippen molar-refractivity contribution in [3.05, 3.63) is 48.0 Å². The Morgan fingerprint density at radius 1 is 0.895 bits per heavy atom. The number of rotatable bonds is 4. The third-order valence-electron chi connectivity index (χ3n) is 2.73. The number of thioether (sulfide) groups is 2. The summed E-state index contributed by atoms with van der Waals surface area (Å²) in [5.41, 5.74) is 2.59. The zero-order valence-electron chi connectivity index (χ0n) is 10.8. The largest absolute Gasteiger partial charge is 0.353 e. The predicted molar refractivity (Wildman–Crippen MR) is 84.4 cm³/mol. The number of nitrogens with one attached hydrogen (secondary N) is 1. The summed E-state index contributed by atoms with van der Waals surface area (Å²) < 4.78 is 0. The average Bonchev–Trinajstić information content (AvgIpc) is 2.47. The molecule has 0 bridgehead atoms. The highest BCUT2D eigenvalue weighted by atomic mass is 32.2. The smallest absolute Gasteiger partial charge is 0.103 e. The zero-order chi connectivity index (χ0) is 13.7. The van der Waals surface area contributed by atoms with Gasteiger partial charge in [0.05, 0.1) is 16.9 Å². The maximum Gasteiger partial charge on any atom is 0.103 e. The number of benzene rings is 2. The van der Waals surface area contributed by atoms with Gasteiger partial charge in [-0.1, -0.05) is 18.2 Å². The first-order chi connectivity index (χ1) is 9.30. The van der Waals surface area contributed by atoms with Crippen molar-refractivity contribution >= 4 is 34.9 Å². The summed E-state index contributed by atoms with van der Waals surface area (Å²) in [4.78, 5) is 2.16. The van der Waals surface area contributed by atoms with E-state index in [0.29, 0.717) is 5.56 Å². The minimum atomic E-state index is 0.700. The van der Waals surface area contributed by atoms with E-state index in [1.807, 2.05) is 48.9 Å². The summed E-state index contributed by atoms with van der Waals surface area (Å²) in [6.45, 7) is 0. The molecule has 2 nitrogen and oxygen atoms in total. The predicted octanol–water partition coefficient (Wildman–Crippen LogP) is 4.75. The van der Waals surface area contributed by atoms with Crippen LogP contribution in [0.25, 0.3) is 0 Å². The summed E-state index contributed by atoms with van der Waals surface area (Å²) in [5.74, 6) is 0. The van der Waals surface area contributed by atoms with Crippen molar-refractivity contribution in [3.63, 3.8) is 0 Å². The SMILES string of the molecule is CSc1ccccc1Nc1cccc(SC)c1C#N. The number of nitriles is 1. The summed E-state index contributed by atoms with van der Waals surface area (Å²) in [7, 11) is 0. The molecule has 0 amide bonds. The van der Waals surface area contributed by atoms with Gasteiger partial charge in [0.1, 0.15) is 6.07 Å². The zero-order valence-corrected chi connectivity index (χ0v) is 12.4. The van der Waals surface area contributed by atoms with E-state index < -0.39 is 0 Å². The topological polar surface area (TPSA) is 35.8 Å². The lowest BCUT2D eigenvalue weighted by atomic mass is 10.2. The molecule has 0 atom stereocenters. The minimum Gasteiger partial charge on any atom is -0.353 e. The molecule has 0 unspecified atom stereocenters. The van der Waals surface area contributed by atoms with Gasteiger partial charge in [0.15, 0.2) is 0 Å². The van der Waals surface area contributed by atoms with Gasteiger partial charge in [-0.2, -0.15) is 5.26 Å². The number of para-hydroxylation sites is 1. The van der Waals surface area contributed by atoms with E-state index in [4.69, 9.17) is 0 Å². The Bertz CT molecular complexity index is 618. The Balaban J connectivity index is 2.41. The molecular weight excluding hydrogens is 272 g/mol. The molecule has 0 aliphatic heterocycles. The lowest BCUT2D eigenvalue weighted by Gasteiger charge is -2.13. The van der Waals surface area contributed by atoms with E-state index in [9.17, 15) is 5.26 Å². The molecule has 0 heterocycles. The second-order valence-electron chi connectivity index (χ2n) is 3.82. The highest BCUT2D eigenvalue weighted by Crippen LogP contribution is 2.32. The number of nitrogens with zero attached hydrogens (tertiary/aromatic N) is 1. The maximum atomic E-state index is 9.33. The van der Waals surface area contributed by atoms with Gasteiger partial charge in [0.2, 0.25) is 0 Å². The van der Waals surface area contributed by atoms with Gasteiger partial charge in [0.25, 0.3) is 0 Å². The van der Waals surface area contributed by atoms with Gasteiger partial charge < -0.3 is 5.32 Å². The number of hydrogen-bond acceptors (Lipinski definition) is 4. The second kappa shape index (κ2) is 6.55. The van der Waals surface area contributed by atoms with Gasteiger partial charge in [-0.3, -0.25) is 0 Å².